The van der Waals surface area contributed by atoms with Gasteiger partial charge in [-0.1, -0.05) is 12.1 Å². The van der Waals surface area contributed by atoms with Gasteiger partial charge in [-0.2, -0.15) is 0 Å². The van der Waals surface area contributed by atoms with Crippen LogP contribution in [0.5, 0.6) is 11.5 Å². The lowest BCUT2D eigenvalue weighted by Crippen LogP contribution is -2.19. The molecule has 0 atom stereocenters. The third kappa shape index (κ3) is 3.53. The Morgan fingerprint density at radius 1 is 1.29 bits per heavy atom. The maximum atomic E-state index is 5.71. The van der Waals surface area contributed by atoms with Crippen LogP contribution in [0.2, 0.25) is 0 Å². The SMILES string of the molecule is CCOc1c(CN(C)c2cncc(N)n2)cccc1OC. The molecular formula is C15H20N4O2. The van der Waals surface area contributed by atoms with Crippen LogP contribution < -0.4 is 20.1 Å². The number of para-hydroxylation sites is 1. The van der Waals surface area contributed by atoms with E-state index in [1.54, 1.807) is 13.3 Å². The molecule has 2 N–H and O–H groups in total. The van der Waals surface area contributed by atoms with Crippen molar-refractivity contribution >= 4 is 11.6 Å². The molecule has 0 saturated carbocycles. The van der Waals surface area contributed by atoms with E-state index in [0.29, 0.717) is 24.8 Å². The first-order chi connectivity index (χ1) is 10.2. The largest absolute Gasteiger partial charge is 0.493 e. The summed E-state index contributed by atoms with van der Waals surface area (Å²) in [5.41, 5.74) is 6.68. The molecule has 0 spiro atoms. The van der Waals surface area contributed by atoms with Gasteiger partial charge in [0.25, 0.3) is 0 Å². The molecule has 0 unspecified atom stereocenters. The van der Waals surface area contributed by atoms with Crippen molar-refractivity contribution in [3.63, 3.8) is 0 Å². The summed E-state index contributed by atoms with van der Waals surface area (Å²) in [4.78, 5) is 10.3. The topological polar surface area (TPSA) is 73.5 Å². The fourth-order valence-electron chi connectivity index (χ4n) is 2.05. The zero-order valence-electron chi connectivity index (χ0n) is 12.5. The number of nitrogens with two attached hydrogens (primary N) is 1. The summed E-state index contributed by atoms with van der Waals surface area (Å²) in [6.07, 6.45) is 3.20. The van der Waals surface area contributed by atoms with E-state index in [1.807, 2.05) is 37.1 Å². The lowest BCUT2D eigenvalue weighted by Gasteiger charge is -2.21. The Kier molecular flexibility index (Phi) is 4.81. The molecule has 112 valence electrons. The highest BCUT2D eigenvalue weighted by atomic mass is 16.5. The number of nitrogens with zero attached hydrogens (tertiary/aromatic N) is 3. The Morgan fingerprint density at radius 3 is 2.76 bits per heavy atom. The fourth-order valence-corrected chi connectivity index (χ4v) is 2.05. The molecule has 0 radical (unpaired) electrons. The Morgan fingerprint density at radius 2 is 2.10 bits per heavy atom. The first kappa shape index (κ1) is 14.9. The minimum Gasteiger partial charge on any atom is -0.493 e. The van der Waals surface area contributed by atoms with Gasteiger partial charge in [0, 0.05) is 19.2 Å². The van der Waals surface area contributed by atoms with Gasteiger partial charge in [-0.25, -0.2) is 4.98 Å². The highest BCUT2D eigenvalue weighted by molar-refractivity contribution is 5.49. The van der Waals surface area contributed by atoms with Gasteiger partial charge in [-0.05, 0) is 13.0 Å². The fraction of sp³-hybridized carbons (Fsp3) is 0.333. The van der Waals surface area contributed by atoms with Gasteiger partial charge in [0.05, 0.1) is 26.1 Å². The number of anilines is 2. The Bertz CT molecular complexity index is 604. The van der Waals surface area contributed by atoms with E-state index in [1.165, 1.54) is 6.20 Å². The molecule has 0 aliphatic heterocycles. The van der Waals surface area contributed by atoms with Crippen LogP contribution in [0.4, 0.5) is 11.6 Å². The van der Waals surface area contributed by atoms with Gasteiger partial charge in [-0.3, -0.25) is 4.98 Å². The third-order valence-corrected chi connectivity index (χ3v) is 3.01. The number of aromatic nitrogens is 2. The minimum absolute atomic E-state index is 0.398. The van der Waals surface area contributed by atoms with Crippen LogP contribution in [0.25, 0.3) is 0 Å². The maximum Gasteiger partial charge on any atom is 0.166 e. The van der Waals surface area contributed by atoms with E-state index in [-0.39, 0.29) is 0 Å². The molecule has 2 rings (SSSR count). The zero-order valence-corrected chi connectivity index (χ0v) is 12.5. The average Bonchev–Trinajstić information content (AvgIpc) is 2.49. The lowest BCUT2D eigenvalue weighted by atomic mass is 10.1. The molecule has 0 saturated heterocycles. The van der Waals surface area contributed by atoms with E-state index in [9.17, 15) is 0 Å². The monoisotopic (exact) mass is 288 g/mol. The van der Waals surface area contributed by atoms with Crippen molar-refractivity contribution in [2.75, 3.05) is 31.4 Å². The molecule has 0 amide bonds. The van der Waals surface area contributed by atoms with Crippen LogP contribution in [0.1, 0.15) is 12.5 Å². The molecule has 0 aliphatic rings. The Labute approximate surface area is 124 Å². The summed E-state index contributed by atoms with van der Waals surface area (Å²) >= 11 is 0. The second-order valence-corrected chi connectivity index (χ2v) is 4.54. The van der Waals surface area contributed by atoms with Gasteiger partial charge in [0.15, 0.2) is 11.5 Å². The van der Waals surface area contributed by atoms with Crippen molar-refractivity contribution < 1.29 is 9.47 Å². The summed E-state index contributed by atoms with van der Waals surface area (Å²) in [6.45, 7) is 3.14. The van der Waals surface area contributed by atoms with Crippen LogP contribution in [0.3, 0.4) is 0 Å². The zero-order chi connectivity index (χ0) is 15.2. The number of rotatable bonds is 6. The van der Waals surface area contributed by atoms with Crippen molar-refractivity contribution in [2.45, 2.75) is 13.5 Å². The van der Waals surface area contributed by atoms with Crippen LogP contribution in [0, 0.1) is 0 Å². The van der Waals surface area contributed by atoms with Crippen molar-refractivity contribution in [1.29, 1.82) is 0 Å². The smallest absolute Gasteiger partial charge is 0.166 e. The van der Waals surface area contributed by atoms with Gasteiger partial charge in [0.2, 0.25) is 0 Å². The number of hydrogen-bond donors (Lipinski definition) is 1. The van der Waals surface area contributed by atoms with Crippen molar-refractivity contribution in [1.82, 2.24) is 9.97 Å². The summed E-state index contributed by atoms with van der Waals surface area (Å²) < 4.78 is 11.1. The molecule has 21 heavy (non-hydrogen) atoms. The molecule has 1 heterocycles. The predicted molar refractivity (Wildman–Crippen MR) is 82.7 cm³/mol. The first-order valence-electron chi connectivity index (χ1n) is 6.73. The molecule has 1 aromatic carbocycles. The van der Waals surface area contributed by atoms with Gasteiger partial charge < -0.3 is 20.1 Å². The molecule has 0 aliphatic carbocycles. The lowest BCUT2D eigenvalue weighted by molar-refractivity contribution is 0.307. The van der Waals surface area contributed by atoms with Crippen LogP contribution in [-0.4, -0.2) is 30.7 Å². The number of benzene rings is 1. The number of methoxy groups -OCH3 is 1. The Balaban J connectivity index is 2.26. The predicted octanol–water partition coefficient (Wildman–Crippen LogP) is 2.10. The first-order valence-corrected chi connectivity index (χ1v) is 6.73. The molecule has 6 nitrogen and oxygen atoms in total. The second kappa shape index (κ2) is 6.78. The molecular weight excluding hydrogens is 268 g/mol. The van der Waals surface area contributed by atoms with E-state index >= 15 is 0 Å². The molecule has 6 heteroatoms. The number of ether oxygens (including phenoxy) is 2. The highest BCUT2D eigenvalue weighted by Crippen LogP contribution is 2.32. The summed E-state index contributed by atoms with van der Waals surface area (Å²) in [5.74, 6) is 2.59. The summed E-state index contributed by atoms with van der Waals surface area (Å²) in [5, 5.41) is 0. The van der Waals surface area contributed by atoms with Crippen molar-refractivity contribution in [3.05, 3.63) is 36.2 Å². The van der Waals surface area contributed by atoms with Crippen LogP contribution in [-0.2, 0) is 6.54 Å². The number of nitrogen functional groups attached to an aromatic ring is 1. The quantitative estimate of drug-likeness (QED) is 0.877. The van der Waals surface area contributed by atoms with Gasteiger partial charge >= 0.3 is 0 Å². The van der Waals surface area contributed by atoms with E-state index in [4.69, 9.17) is 15.2 Å². The Hall–Kier alpha value is -2.50. The van der Waals surface area contributed by atoms with E-state index in [0.717, 1.165) is 17.1 Å². The normalized spacial score (nSPS) is 10.2. The molecule has 0 fully saturated rings. The van der Waals surface area contributed by atoms with E-state index in [2.05, 4.69) is 9.97 Å². The highest BCUT2D eigenvalue weighted by Gasteiger charge is 2.13. The minimum atomic E-state index is 0.398. The van der Waals surface area contributed by atoms with Gasteiger partial charge in [-0.15, -0.1) is 0 Å². The molecule has 1 aromatic heterocycles. The van der Waals surface area contributed by atoms with Crippen LogP contribution in [0.15, 0.2) is 30.6 Å². The molecule has 0 bridgehead atoms. The maximum absolute atomic E-state index is 5.71. The number of hydrogen-bond acceptors (Lipinski definition) is 6. The average molecular weight is 288 g/mol. The van der Waals surface area contributed by atoms with Gasteiger partial charge in [0.1, 0.15) is 11.6 Å². The standard InChI is InChI=1S/C15H20N4O2/c1-4-21-15-11(6-5-7-12(15)20-3)10-19(2)14-9-17-8-13(16)18-14/h5-9H,4,10H2,1-3H3,(H2,16,18). The van der Waals surface area contributed by atoms with Crippen LogP contribution >= 0.6 is 0 Å². The third-order valence-electron chi connectivity index (χ3n) is 3.01. The molecule has 2 aromatic rings. The van der Waals surface area contributed by atoms with E-state index < -0.39 is 0 Å². The van der Waals surface area contributed by atoms with Crippen molar-refractivity contribution in [2.24, 2.45) is 0 Å². The van der Waals surface area contributed by atoms with Crippen molar-refractivity contribution in [3.8, 4) is 11.5 Å². The second-order valence-electron chi connectivity index (χ2n) is 4.54. The summed E-state index contributed by atoms with van der Waals surface area (Å²) in [7, 11) is 3.56. The summed E-state index contributed by atoms with van der Waals surface area (Å²) in [6, 6.07) is 5.83.